The Kier molecular flexibility index (Phi) is 5.12. The van der Waals surface area contributed by atoms with Crippen LogP contribution < -0.4 is 15.0 Å². The Morgan fingerprint density at radius 2 is 1.69 bits per heavy atom. The second-order valence-corrected chi connectivity index (χ2v) is 6.53. The molecule has 0 aliphatic heterocycles. The van der Waals surface area contributed by atoms with Gasteiger partial charge in [0.05, 0.1) is 7.11 Å². The van der Waals surface area contributed by atoms with Gasteiger partial charge < -0.3 is 14.0 Å². The van der Waals surface area contributed by atoms with Crippen molar-refractivity contribution in [2.24, 2.45) is 7.05 Å². The van der Waals surface area contributed by atoms with Gasteiger partial charge in [-0.05, 0) is 29.7 Å². The van der Waals surface area contributed by atoms with Gasteiger partial charge in [0.25, 0.3) is 5.56 Å². The summed E-state index contributed by atoms with van der Waals surface area (Å²) in [6, 6.07) is 17.3. The molecule has 1 heterocycles. The first-order valence-corrected chi connectivity index (χ1v) is 8.61. The maximum Gasteiger partial charge on any atom is 0.254 e. The van der Waals surface area contributed by atoms with Crippen molar-refractivity contribution in [3.05, 3.63) is 76.7 Å². The molecule has 0 atom stereocenters. The van der Waals surface area contributed by atoms with Crippen molar-refractivity contribution in [3.63, 3.8) is 0 Å². The van der Waals surface area contributed by atoms with Crippen LogP contribution in [0, 0.1) is 0 Å². The molecule has 2 aromatic carbocycles. The van der Waals surface area contributed by atoms with Crippen LogP contribution in [0.25, 0.3) is 11.1 Å². The number of rotatable bonds is 5. The molecule has 0 fully saturated rings. The Hall–Kier alpha value is -3.01. The molecule has 26 heavy (non-hydrogen) atoms. The van der Waals surface area contributed by atoms with E-state index in [4.69, 9.17) is 9.47 Å². The Morgan fingerprint density at radius 1 is 0.923 bits per heavy atom. The van der Waals surface area contributed by atoms with E-state index >= 15 is 0 Å². The van der Waals surface area contributed by atoms with Gasteiger partial charge in [-0.1, -0.05) is 44.2 Å². The summed E-state index contributed by atoms with van der Waals surface area (Å²) in [6.07, 6.45) is 1.77. The van der Waals surface area contributed by atoms with Crippen molar-refractivity contribution in [2.75, 3.05) is 7.11 Å². The van der Waals surface area contributed by atoms with E-state index in [-0.39, 0.29) is 5.56 Å². The van der Waals surface area contributed by atoms with Gasteiger partial charge in [-0.15, -0.1) is 0 Å². The molecule has 0 bridgehead atoms. The van der Waals surface area contributed by atoms with Crippen molar-refractivity contribution >= 4 is 0 Å². The summed E-state index contributed by atoms with van der Waals surface area (Å²) in [6.45, 7) is 4.31. The topological polar surface area (TPSA) is 40.5 Å². The minimum absolute atomic E-state index is 0.117. The number of benzene rings is 2. The minimum atomic E-state index is -0.117. The third-order valence-corrected chi connectivity index (χ3v) is 4.34. The van der Waals surface area contributed by atoms with Crippen LogP contribution in [-0.2, 0) is 7.05 Å². The van der Waals surface area contributed by atoms with Crippen molar-refractivity contribution < 1.29 is 9.47 Å². The third kappa shape index (κ3) is 3.64. The first-order chi connectivity index (χ1) is 12.5. The third-order valence-electron chi connectivity index (χ3n) is 4.34. The Labute approximate surface area is 153 Å². The predicted octanol–water partition coefficient (Wildman–Crippen LogP) is 4.98. The molecule has 0 saturated heterocycles. The molecule has 0 spiro atoms. The molecule has 134 valence electrons. The molecule has 4 heteroatoms. The molecule has 3 aromatic rings. The maximum atomic E-state index is 11.9. The molecular formula is C22H23NO3. The van der Waals surface area contributed by atoms with Gasteiger partial charge in [-0.3, -0.25) is 4.79 Å². The Balaban J connectivity index is 2.06. The number of methoxy groups -OCH3 is 1. The van der Waals surface area contributed by atoms with Gasteiger partial charge in [0.2, 0.25) is 0 Å². The first-order valence-electron chi connectivity index (χ1n) is 8.61. The van der Waals surface area contributed by atoms with Crippen LogP contribution in [0.3, 0.4) is 0 Å². The zero-order chi connectivity index (χ0) is 18.7. The monoisotopic (exact) mass is 349 g/mol. The van der Waals surface area contributed by atoms with Crippen LogP contribution in [0.4, 0.5) is 0 Å². The lowest BCUT2D eigenvalue weighted by Gasteiger charge is -2.15. The summed E-state index contributed by atoms with van der Waals surface area (Å²) in [5.41, 5.74) is 2.79. The standard InChI is InChI=1S/C22H23NO3/c1-15(2)16-8-7-9-17(12-16)26-20-11-6-5-10-18(20)19-14-23(3)22(24)13-21(19)25-4/h5-15H,1-4H3. The fourth-order valence-corrected chi connectivity index (χ4v) is 2.83. The van der Waals surface area contributed by atoms with Crippen LogP contribution in [0.1, 0.15) is 25.3 Å². The summed E-state index contributed by atoms with van der Waals surface area (Å²) < 4.78 is 13.1. The van der Waals surface area contributed by atoms with E-state index in [9.17, 15) is 4.79 Å². The first kappa shape index (κ1) is 17.8. The molecular weight excluding hydrogens is 326 g/mol. The number of pyridine rings is 1. The van der Waals surface area contributed by atoms with Gasteiger partial charge in [0.1, 0.15) is 17.2 Å². The molecule has 3 rings (SSSR count). The molecule has 0 aliphatic carbocycles. The lowest BCUT2D eigenvalue weighted by atomic mass is 10.0. The van der Waals surface area contributed by atoms with Crippen molar-refractivity contribution in [3.8, 4) is 28.4 Å². The Morgan fingerprint density at radius 3 is 2.42 bits per heavy atom. The lowest BCUT2D eigenvalue weighted by Crippen LogP contribution is -2.15. The van der Waals surface area contributed by atoms with E-state index < -0.39 is 0 Å². The molecule has 0 unspecified atom stereocenters. The summed E-state index contributed by atoms with van der Waals surface area (Å²) in [5, 5.41) is 0. The molecule has 0 radical (unpaired) electrons. The highest BCUT2D eigenvalue weighted by Crippen LogP contribution is 2.37. The zero-order valence-electron chi connectivity index (χ0n) is 15.5. The lowest BCUT2D eigenvalue weighted by molar-refractivity contribution is 0.414. The van der Waals surface area contributed by atoms with E-state index in [0.717, 1.165) is 16.9 Å². The minimum Gasteiger partial charge on any atom is -0.496 e. The van der Waals surface area contributed by atoms with Gasteiger partial charge in [-0.25, -0.2) is 0 Å². The molecule has 0 aliphatic rings. The van der Waals surface area contributed by atoms with E-state index in [1.54, 1.807) is 20.4 Å². The number of aromatic nitrogens is 1. The number of aryl methyl sites for hydroxylation is 1. The number of para-hydroxylation sites is 1. The summed E-state index contributed by atoms with van der Waals surface area (Å²) in [7, 11) is 3.29. The highest BCUT2D eigenvalue weighted by Gasteiger charge is 2.14. The van der Waals surface area contributed by atoms with E-state index in [2.05, 4.69) is 26.0 Å². The number of hydrogen-bond donors (Lipinski definition) is 0. The van der Waals surface area contributed by atoms with Crippen molar-refractivity contribution in [1.82, 2.24) is 4.57 Å². The average Bonchev–Trinajstić information content (AvgIpc) is 2.64. The summed E-state index contributed by atoms with van der Waals surface area (Å²) >= 11 is 0. The van der Waals surface area contributed by atoms with E-state index in [0.29, 0.717) is 17.4 Å². The number of hydrogen-bond acceptors (Lipinski definition) is 3. The maximum absolute atomic E-state index is 11.9. The van der Waals surface area contributed by atoms with Crippen LogP contribution in [0.15, 0.2) is 65.6 Å². The van der Waals surface area contributed by atoms with Crippen molar-refractivity contribution in [2.45, 2.75) is 19.8 Å². The fraction of sp³-hybridized carbons (Fsp3) is 0.227. The normalized spacial score (nSPS) is 10.8. The quantitative estimate of drug-likeness (QED) is 0.652. The van der Waals surface area contributed by atoms with Crippen LogP contribution in [0.2, 0.25) is 0 Å². The van der Waals surface area contributed by atoms with E-state index in [1.165, 1.54) is 16.2 Å². The van der Waals surface area contributed by atoms with Crippen LogP contribution in [-0.4, -0.2) is 11.7 Å². The number of nitrogens with zero attached hydrogens (tertiary/aromatic N) is 1. The highest BCUT2D eigenvalue weighted by atomic mass is 16.5. The van der Waals surface area contributed by atoms with Crippen LogP contribution >= 0.6 is 0 Å². The van der Waals surface area contributed by atoms with Crippen molar-refractivity contribution in [1.29, 1.82) is 0 Å². The van der Waals surface area contributed by atoms with Gasteiger partial charge in [0, 0.05) is 30.4 Å². The second-order valence-electron chi connectivity index (χ2n) is 6.53. The number of ether oxygens (including phenoxy) is 2. The highest BCUT2D eigenvalue weighted by molar-refractivity contribution is 5.75. The largest absolute Gasteiger partial charge is 0.496 e. The molecule has 0 amide bonds. The zero-order valence-corrected chi connectivity index (χ0v) is 15.5. The molecule has 0 N–H and O–H groups in total. The molecule has 4 nitrogen and oxygen atoms in total. The van der Waals surface area contributed by atoms with Gasteiger partial charge >= 0.3 is 0 Å². The van der Waals surface area contributed by atoms with E-state index in [1.807, 2.05) is 36.4 Å². The smallest absolute Gasteiger partial charge is 0.254 e. The van der Waals surface area contributed by atoms with Gasteiger partial charge in [-0.2, -0.15) is 0 Å². The molecule has 1 aromatic heterocycles. The fourth-order valence-electron chi connectivity index (χ4n) is 2.83. The molecule has 0 saturated carbocycles. The predicted molar refractivity (Wildman–Crippen MR) is 104 cm³/mol. The van der Waals surface area contributed by atoms with Crippen LogP contribution in [0.5, 0.6) is 17.2 Å². The summed E-state index contributed by atoms with van der Waals surface area (Å²) in [5.74, 6) is 2.45. The second kappa shape index (κ2) is 7.48. The summed E-state index contributed by atoms with van der Waals surface area (Å²) in [4.78, 5) is 11.9. The average molecular weight is 349 g/mol. The van der Waals surface area contributed by atoms with Gasteiger partial charge in [0.15, 0.2) is 0 Å². The SMILES string of the molecule is COc1cc(=O)n(C)cc1-c1ccccc1Oc1cccc(C(C)C)c1. The Bertz CT molecular complexity index is 973.